The first-order chi connectivity index (χ1) is 8.53. The summed E-state index contributed by atoms with van der Waals surface area (Å²) in [6.07, 6.45) is 5.86. The van der Waals surface area contributed by atoms with E-state index in [1.165, 1.54) is 25.7 Å². The van der Waals surface area contributed by atoms with Gasteiger partial charge in [0.1, 0.15) is 6.61 Å². The molecule has 2 unspecified atom stereocenters. The molecule has 2 fully saturated rings. The summed E-state index contributed by atoms with van der Waals surface area (Å²) in [4.78, 5) is 10.0. The predicted octanol–water partition coefficient (Wildman–Crippen LogP) is 6.74. The lowest BCUT2D eigenvalue weighted by molar-refractivity contribution is -0.166. The van der Waals surface area contributed by atoms with Gasteiger partial charge in [0.05, 0.1) is 18.6 Å². The van der Waals surface area contributed by atoms with Crippen molar-refractivity contribution in [3.63, 3.8) is 0 Å². The minimum Gasteiger partial charge on any atom is -0.464 e. The molecule has 2 heterocycles. The fourth-order valence-corrected chi connectivity index (χ4v) is 0.414. The maximum Gasteiger partial charge on any atom is 0.312 e. The highest BCUT2D eigenvalue weighted by Gasteiger charge is 2.24. The van der Waals surface area contributed by atoms with Gasteiger partial charge in [-0.05, 0) is 13.8 Å². The number of cyclic esters (lactones) is 1. The van der Waals surface area contributed by atoms with E-state index in [1.807, 2.05) is 6.92 Å². The minimum atomic E-state index is -0.0602. The van der Waals surface area contributed by atoms with Crippen molar-refractivity contribution < 1.29 is 14.3 Å². The first-order valence-corrected chi connectivity index (χ1v) is 7.31. The molecule has 22 heavy (non-hydrogen) atoms. The minimum absolute atomic E-state index is 0. The highest BCUT2D eigenvalue weighted by atomic mass is 16.6. The van der Waals surface area contributed by atoms with Crippen molar-refractivity contribution in [1.29, 1.82) is 0 Å². The molecule has 0 aromatic rings. The second-order valence-electron chi connectivity index (χ2n) is 4.68. The molecule has 142 valence electrons. The van der Waals surface area contributed by atoms with E-state index in [9.17, 15) is 4.79 Å². The summed E-state index contributed by atoms with van der Waals surface area (Å²) in [5, 5.41) is 0. The van der Waals surface area contributed by atoms with Gasteiger partial charge in [-0.1, -0.05) is 83.1 Å². The third-order valence-electron chi connectivity index (χ3n) is 2.38. The van der Waals surface area contributed by atoms with Crippen LogP contribution in [0.1, 0.15) is 96.9 Å². The van der Waals surface area contributed by atoms with E-state index >= 15 is 0 Å². The van der Waals surface area contributed by atoms with Gasteiger partial charge >= 0.3 is 5.97 Å². The second kappa shape index (κ2) is 28.6. The molecule has 2 aliphatic rings. The third-order valence-corrected chi connectivity index (χ3v) is 2.38. The molecule has 0 radical (unpaired) electrons. The molecule has 3 nitrogen and oxygen atoms in total. The maximum absolute atomic E-state index is 10.0. The van der Waals surface area contributed by atoms with E-state index in [0.29, 0.717) is 12.7 Å². The Hall–Kier alpha value is -0.570. The van der Waals surface area contributed by atoms with Gasteiger partial charge in [-0.2, -0.15) is 0 Å². The van der Waals surface area contributed by atoms with Crippen LogP contribution in [0.15, 0.2) is 0 Å². The van der Waals surface area contributed by atoms with Gasteiger partial charge in [0, 0.05) is 0 Å². The summed E-state index contributed by atoms with van der Waals surface area (Å²) in [5.74, 6) is 0.111. The Kier molecular flexibility index (Phi) is 48.8. The number of hydrogen-bond donors (Lipinski definition) is 0. The highest BCUT2D eigenvalue weighted by Crippen LogP contribution is 2.08. The number of ether oxygens (including phenoxy) is 2. The lowest BCUT2D eigenvalue weighted by Crippen LogP contribution is -2.31. The summed E-state index contributed by atoms with van der Waals surface area (Å²) in [5.41, 5.74) is 0. The van der Waals surface area contributed by atoms with Crippen molar-refractivity contribution in [3.05, 3.63) is 0 Å². The van der Waals surface area contributed by atoms with Crippen LogP contribution in [0.5, 0.6) is 0 Å². The fourth-order valence-electron chi connectivity index (χ4n) is 0.414. The van der Waals surface area contributed by atoms with Crippen molar-refractivity contribution in [1.82, 2.24) is 0 Å². The van der Waals surface area contributed by atoms with Crippen LogP contribution in [0, 0.1) is 5.92 Å². The number of unbranched alkanes of at least 4 members (excludes halogenated alkanes) is 2. The number of carbonyl (C=O) groups is 1. The van der Waals surface area contributed by atoms with Gasteiger partial charge in [-0.25, -0.2) is 0 Å². The Bertz CT molecular complexity index is 170. The third kappa shape index (κ3) is 36.6. The topological polar surface area (TPSA) is 38.8 Å². The Balaban J connectivity index is -0.0000000372. The molecule has 0 aromatic carbocycles. The second-order valence-corrected chi connectivity index (χ2v) is 4.68. The average Bonchev–Trinajstić information content (AvgIpc) is 3.20. The molecule has 0 saturated carbocycles. The molecule has 2 aliphatic heterocycles. The first kappa shape index (κ1) is 37.6. The number of esters is 1. The maximum atomic E-state index is 10.0. The number of epoxide rings is 1. The highest BCUT2D eigenvalue weighted by molar-refractivity contribution is 5.76. The zero-order valence-corrected chi connectivity index (χ0v) is 13.1. The zero-order chi connectivity index (χ0) is 14.4. The van der Waals surface area contributed by atoms with Crippen LogP contribution < -0.4 is 0 Å². The van der Waals surface area contributed by atoms with Crippen LogP contribution in [-0.4, -0.2) is 25.3 Å². The van der Waals surface area contributed by atoms with Crippen molar-refractivity contribution in [2.45, 2.75) is 103 Å². The Morgan fingerprint density at radius 1 is 0.818 bits per heavy atom. The summed E-state index contributed by atoms with van der Waals surface area (Å²) in [7, 11) is 0. The molecular formula is C19H48O3. The van der Waals surface area contributed by atoms with E-state index in [2.05, 4.69) is 39.4 Å². The molecule has 0 bridgehead atoms. The van der Waals surface area contributed by atoms with E-state index in [0.717, 1.165) is 6.61 Å². The molecule has 2 atom stereocenters. The van der Waals surface area contributed by atoms with Crippen molar-refractivity contribution in [3.8, 4) is 0 Å². The normalized spacial score (nSPS) is 18.5. The van der Waals surface area contributed by atoms with Gasteiger partial charge in [-0.15, -0.1) is 0 Å². The van der Waals surface area contributed by atoms with Crippen molar-refractivity contribution in [2.24, 2.45) is 5.92 Å². The van der Waals surface area contributed by atoms with Crippen LogP contribution >= 0.6 is 0 Å². The number of rotatable bonds is 2. The molecule has 2 saturated heterocycles. The fraction of sp³-hybridized carbons (Fsp3) is 0.947. The van der Waals surface area contributed by atoms with E-state index in [4.69, 9.17) is 4.74 Å². The van der Waals surface area contributed by atoms with Gasteiger partial charge in [0.2, 0.25) is 0 Å². The summed E-state index contributed by atoms with van der Waals surface area (Å²) >= 11 is 0. The number of hydrogen-bond acceptors (Lipinski definition) is 3. The van der Waals surface area contributed by atoms with E-state index in [1.54, 1.807) is 0 Å². The molecule has 0 spiro atoms. The average molecular weight is 325 g/mol. The lowest BCUT2D eigenvalue weighted by atomic mass is 10.1. The van der Waals surface area contributed by atoms with Crippen LogP contribution in [-0.2, 0) is 14.3 Å². The SMILES string of the molecule is C.C.C.C.CC1CO1.CC1COC1=O.CCCC.CCCC. The van der Waals surface area contributed by atoms with Crippen LogP contribution in [0.25, 0.3) is 0 Å². The summed E-state index contributed by atoms with van der Waals surface area (Å²) in [6.45, 7) is 14.2. The molecular weight excluding hydrogens is 276 g/mol. The van der Waals surface area contributed by atoms with Gasteiger partial charge < -0.3 is 9.47 Å². The van der Waals surface area contributed by atoms with Crippen LogP contribution in [0.3, 0.4) is 0 Å². The lowest BCUT2D eigenvalue weighted by Gasteiger charge is -2.19. The van der Waals surface area contributed by atoms with Crippen molar-refractivity contribution >= 4 is 5.97 Å². The smallest absolute Gasteiger partial charge is 0.312 e. The quantitative estimate of drug-likeness (QED) is 0.417. The summed E-state index contributed by atoms with van der Waals surface area (Å²) < 4.78 is 9.11. The van der Waals surface area contributed by atoms with Gasteiger partial charge in [-0.3, -0.25) is 4.79 Å². The molecule has 0 amide bonds. The molecule has 0 aromatic heterocycles. The zero-order valence-electron chi connectivity index (χ0n) is 13.1. The van der Waals surface area contributed by atoms with Crippen LogP contribution in [0.4, 0.5) is 0 Å². The standard InChI is InChI=1S/C4H6O2.2C4H10.C3H6O.4CH4/c1-3-2-6-4(3)5;2*1-3-4-2;1-3-2-4-3;;;;/h3H,2H2,1H3;2*3-4H2,1-2H3;3H,2H2,1H3;4*1H4. The van der Waals surface area contributed by atoms with Crippen LogP contribution in [0.2, 0.25) is 0 Å². The first-order valence-electron chi connectivity index (χ1n) is 7.31. The molecule has 2 rings (SSSR count). The summed E-state index contributed by atoms with van der Waals surface area (Å²) in [6, 6.07) is 0. The number of carbonyl (C=O) groups excluding carboxylic acids is 1. The Labute approximate surface area is 143 Å². The Morgan fingerprint density at radius 2 is 1.05 bits per heavy atom. The molecule has 3 heteroatoms. The monoisotopic (exact) mass is 324 g/mol. The molecule has 0 N–H and O–H groups in total. The van der Waals surface area contributed by atoms with Gasteiger partial charge in [0.15, 0.2) is 0 Å². The van der Waals surface area contributed by atoms with Crippen molar-refractivity contribution in [2.75, 3.05) is 13.2 Å². The predicted molar refractivity (Wildman–Crippen MR) is 104 cm³/mol. The Morgan fingerprint density at radius 3 is 1.05 bits per heavy atom. The van der Waals surface area contributed by atoms with Gasteiger partial charge in [0.25, 0.3) is 0 Å². The molecule has 0 aliphatic carbocycles. The van der Waals surface area contributed by atoms with E-state index in [-0.39, 0.29) is 41.6 Å². The largest absolute Gasteiger partial charge is 0.464 e. The van der Waals surface area contributed by atoms with E-state index < -0.39 is 0 Å².